The maximum absolute atomic E-state index is 12.5. The minimum absolute atomic E-state index is 0.138. The Balaban J connectivity index is 2.76. The summed E-state index contributed by atoms with van der Waals surface area (Å²) in [5, 5.41) is 6.33. The molecule has 0 heterocycles. The van der Waals surface area contributed by atoms with Gasteiger partial charge in [0.15, 0.2) is 5.96 Å². The number of halogens is 3. The fourth-order valence-corrected chi connectivity index (χ4v) is 1.63. The lowest BCUT2D eigenvalue weighted by Gasteiger charge is -2.23. The summed E-state index contributed by atoms with van der Waals surface area (Å²) >= 11 is 0. The summed E-state index contributed by atoms with van der Waals surface area (Å²) in [6.07, 6.45) is -4.30. The summed E-state index contributed by atoms with van der Waals surface area (Å²) < 4.78 is 37.4. The van der Waals surface area contributed by atoms with Gasteiger partial charge in [-0.15, -0.1) is 0 Å². The lowest BCUT2D eigenvalue weighted by Crippen LogP contribution is -2.47. The van der Waals surface area contributed by atoms with E-state index in [0.29, 0.717) is 12.5 Å². The Kier molecular flexibility index (Phi) is 5.63. The van der Waals surface area contributed by atoms with Crippen molar-refractivity contribution in [2.24, 2.45) is 4.99 Å². The number of nitrogens with one attached hydrogen (secondary N) is 2. The Morgan fingerprint density at radius 2 is 1.67 bits per heavy atom. The van der Waals surface area contributed by atoms with Crippen LogP contribution in [-0.4, -0.2) is 18.0 Å². The van der Waals surface area contributed by atoms with E-state index in [-0.39, 0.29) is 5.54 Å². The van der Waals surface area contributed by atoms with Crippen LogP contribution in [0.3, 0.4) is 0 Å². The third kappa shape index (κ3) is 6.51. The minimum atomic E-state index is -4.30. The van der Waals surface area contributed by atoms with Gasteiger partial charge in [-0.25, -0.2) is 4.99 Å². The van der Waals surface area contributed by atoms with E-state index < -0.39 is 11.7 Å². The molecule has 0 aromatic heterocycles. The second kappa shape index (κ2) is 6.83. The normalized spacial score (nSPS) is 13.2. The van der Waals surface area contributed by atoms with Gasteiger partial charge in [0.1, 0.15) is 0 Å². The van der Waals surface area contributed by atoms with Crippen molar-refractivity contribution in [3.05, 3.63) is 35.4 Å². The molecule has 1 rings (SSSR count). The van der Waals surface area contributed by atoms with Crippen LogP contribution in [0.5, 0.6) is 0 Å². The number of benzene rings is 1. The Morgan fingerprint density at radius 3 is 2.10 bits per heavy atom. The maximum Gasteiger partial charge on any atom is 0.416 e. The van der Waals surface area contributed by atoms with E-state index in [1.54, 1.807) is 0 Å². The van der Waals surface area contributed by atoms with Gasteiger partial charge in [0.05, 0.1) is 12.1 Å². The van der Waals surface area contributed by atoms with Gasteiger partial charge in [-0.3, -0.25) is 0 Å². The highest BCUT2D eigenvalue weighted by molar-refractivity contribution is 5.80. The molecule has 1 aromatic rings. The summed E-state index contributed by atoms with van der Waals surface area (Å²) in [6, 6.07) is 5.06. The number of alkyl halides is 3. The molecule has 21 heavy (non-hydrogen) atoms. The van der Waals surface area contributed by atoms with E-state index in [0.717, 1.165) is 24.2 Å². The number of nitrogens with zero attached hydrogens (tertiary/aromatic N) is 1. The van der Waals surface area contributed by atoms with E-state index >= 15 is 0 Å². The van der Waals surface area contributed by atoms with Crippen molar-refractivity contribution in [3.8, 4) is 0 Å². The standard InChI is InChI=1S/C15H22F3N3/c1-5-19-13(21-14(2,3)4)20-10-11-6-8-12(9-7-11)15(16,17)18/h6-9H,5,10H2,1-4H3,(H2,19,20,21). The lowest BCUT2D eigenvalue weighted by molar-refractivity contribution is -0.137. The van der Waals surface area contributed by atoms with Crippen molar-refractivity contribution in [3.63, 3.8) is 0 Å². The molecule has 0 saturated carbocycles. The average molecular weight is 301 g/mol. The summed E-state index contributed by atoms with van der Waals surface area (Å²) in [4.78, 5) is 4.37. The second-order valence-corrected chi connectivity index (χ2v) is 5.76. The molecule has 6 heteroatoms. The lowest BCUT2D eigenvalue weighted by atomic mass is 10.1. The van der Waals surface area contributed by atoms with Crippen molar-refractivity contribution in [2.75, 3.05) is 6.54 Å². The summed E-state index contributed by atoms with van der Waals surface area (Å²) in [5.41, 5.74) is -0.0507. The molecule has 0 aliphatic carbocycles. The van der Waals surface area contributed by atoms with E-state index in [1.165, 1.54) is 12.1 Å². The number of aliphatic imine (C=N–C) groups is 1. The maximum atomic E-state index is 12.5. The quantitative estimate of drug-likeness (QED) is 0.661. The first-order valence-corrected chi connectivity index (χ1v) is 6.84. The zero-order chi connectivity index (χ0) is 16.1. The molecule has 0 fully saturated rings. The summed E-state index contributed by atoms with van der Waals surface area (Å²) in [7, 11) is 0. The summed E-state index contributed by atoms with van der Waals surface area (Å²) in [5.74, 6) is 0.643. The van der Waals surface area contributed by atoms with E-state index in [9.17, 15) is 13.2 Å². The zero-order valence-corrected chi connectivity index (χ0v) is 12.8. The number of guanidine groups is 1. The predicted octanol–water partition coefficient (Wildman–Crippen LogP) is 3.56. The molecule has 0 unspecified atom stereocenters. The van der Waals surface area contributed by atoms with E-state index in [4.69, 9.17) is 0 Å². The number of hydrogen-bond acceptors (Lipinski definition) is 1. The Morgan fingerprint density at radius 1 is 1.10 bits per heavy atom. The third-order valence-corrected chi connectivity index (χ3v) is 2.54. The van der Waals surface area contributed by atoms with Gasteiger partial charge in [0.25, 0.3) is 0 Å². The van der Waals surface area contributed by atoms with Gasteiger partial charge in [0, 0.05) is 12.1 Å². The van der Waals surface area contributed by atoms with Crippen LogP contribution >= 0.6 is 0 Å². The highest BCUT2D eigenvalue weighted by Gasteiger charge is 2.29. The molecule has 1 aromatic carbocycles. The molecule has 0 saturated heterocycles. The molecule has 0 amide bonds. The van der Waals surface area contributed by atoms with Gasteiger partial charge >= 0.3 is 6.18 Å². The van der Waals surface area contributed by atoms with Crippen LogP contribution in [0.1, 0.15) is 38.8 Å². The second-order valence-electron chi connectivity index (χ2n) is 5.76. The fourth-order valence-electron chi connectivity index (χ4n) is 1.63. The molecule has 118 valence electrons. The molecular weight excluding hydrogens is 279 g/mol. The first-order chi connectivity index (χ1) is 9.62. The van der Waals surface area contributed by atoms with Gasteiger partial charge in [-0.1, -0.05) is 12.1 Å². The minimum Gasteiger partial charge on any atom is -0.357 e. The first kappa shape index (κ1) is 17.3. The van der Waals surface area contributed by atoms with Gasteiger partial charge in [-0.2, -0.15) is 13.2 Å². The van der Waals surface area contributed by atoms with Crippen molar-refractivity contribution < 1.29 is 13.2 Å². The first-order valence-electron chi connectivity index (χ1n) is 6.84. The van der Waals surface area contributed by atoms with Crippen molar-refractivity contribution in [1.82, 2.24) is 10.6 Å². The monoisotopic (exact) mass is 301 g/mol. The molecule has 3 nitrogen and oxygen atoms in total. The number of hydrogen-bond donors (Lipinski definition) is 2. The van der Waals surface area contributed by atoms with Crippen LogP contribution in [0.2, 0.25) is 0 Å². The van der Waals surface area contributed by atoms with Crippen LogP contribution in [0.4, 0.5) is 13.2 Å². The van der Waals surface area contributed by atoms with Gasteiger partial charge in [0.2, 0.25) is 0 Å². The van der Waals surface area contributed by atoms with Crippen LogP contribution in [-0.2, 0) is 12.7 Å². The third-order valence-electron chi connectivity index (χ3n) is 2.54. The molecule has 2 N–H and O–H groups in total. The molecule has 0 aliphatic heterocycles. The molecule has 0 radical (unpaired) electrons. The Bertz CT molecular complexity index is 470. The van der Waals surface area contributed by atoms with Gasteiger partial charge < -0.3 is 10.6 Å². The van der Waals surface area contributed by atoms with Gasteiger partial charge in [-0.05, 0) is 45.4 Å². The predicted molar refractivity (Wildman–Crippen MR) is 79.1 cm³/mol. The van der Waals surface area contributed by atoms with Crippen molar-refractivity contribution in [1.29, 1.82) is 0 Å². The van der Waals surface area contributed by atoms with Crippen LogP contribution in [0.15, 0.2) is 29.3 Å². The largest absolute Gasteiger partial charge is 0.416 e. The highest BCUT2D eigenvalue weighted by Crippen LogP contribution is 2.29. The molecule has 0 spiro atoms. The van der Waals surface area contributed by atoms with Crippen molar-refractivity contribution in [2.45, 2.75) is 46.0 Å². The van der Waals surface area contributed by atoms with Crippen LogP contribution < -0.4 is 10.6 Å². The molecular formula is C15H22F3N3. The topological polar surface area (TPSA) is 36.4 Å². The van der Waals surface area contributed by atoms with E-state index in [1.807, 2.05) is 27.7 Å². The Hall–Kier alpha value is -1.72. The van der Waals surface area contributed by atoms with Crippen LogP contribution in [0, 0.1) is 0 Å². The fraction of sp³-hybridized carbons (Fsp3) is 0.533. The molecule has 0 atom stereocenters. The molecule has 0 bridgehead atoms. The van der Waals surface area contributed by atoms with Crippen molar-refractivity contribution >= 4 is 5.96 Å². The average Bonchev–Trinajstić information content (AvgIpc) is 2.34. The SMILES string of the molecule is CCNC(=NCc1ccc(C(F)(F)F)cc1)NC(C)(C)C. The highest BCUT2D eigenvalue weighted by atomic mass is 19.4. The summed E-state index contributed by atoms with van der Waals surface area (Å²) in [6.45, 7) is 9.03. The Labute approximate surface area is 123 Å². The van der Waals surface area contributed by atoms with E-state index in [2.05, 4.69) is 15.6 Å². The molecule has 0 aliphatic rings. The van der Waals surface area contributed by atoms with Crippen LogP contribution in [0.25, 0.3) is 0 Å². The zero-order valence-electron chi connectivity index (χ0n) is 12.8. The smallest absolute Gasteiger partial charge is 0.357 e. The number of rotatable bonds is 3.